The van der Waals surface area contributed by atoms with Gasteiger partial charge >= 0.3 is 11.9 Å². The Morgan fingerprint density at radius 2 is 1.75 bits per heavy atom. The van der Waals surface area contributed by atoms with Gasteiger partial charge in [0.1, 0.15) is 0 Å². The number of unbranched alkanes of at least 4 members (excludes halogenated alkanes) is 1. The Morgan fingerprint density at radius 3 is 2.33 bits per heavy atom. The van der Waals surface area contributed by atoms with Crippen LogP contribution in [0.4, 0.5) is 4.39 Å². The van der Waals surface area contributed by atoms with E-state index in [0.717, 1.165) is 45.6 Å². The third kappa shape index (κ3) is 8.44. The number of ether oxygens (including phenoxy) is 1. The van der Waals surface area contributed by atoms with Crippen LogP contribution in [0.15, 0.2) is 24.3 Å². The molecule has 1 aliphatic heterocycles. The van der Waals surface area contributed by atoms with Crippen LogP contribution in [0.5, 0.6) is 5.75 Å². The van der Waals surface area contributed by atoms with Crippen molar-refractivity contribution in [2.45, 2.75) is 12.8 Å². The van der Waals surface area contributed by atoms with Gasteiger partial charge in [0.05, 0.1) is 6.61 Å². The summed E-state index contributed by atoms with van der Waals surface area (Å²) in [5.41, 5.74) is 0. The van der Waals surface area contributed by atoms with E-state index in [1.807, 2.05) is 0 Å². The molecule has 134 valence electrons. The van der Waals surface area contributed by atoms with Gasteiger partial charge in [-0.3, -0.25) is 0 Å². The summed E-state index contributed by atoms with van der Waals surface area (Å²) in [4.78, 5) is 20.7. The summed E-state index contributed by atoms with van der Waals surface area (Å²) < 4.78 is 18.7. The molecule has 2 rings (SSSR count). The molecular formula is C16H23FN2O5. The van der Waals surface area contributed by atoms with Crippen molar-refractivity contribution in [3.63, 3.8) is 0 Å². The topological polar surface area (TPSA) is 99.1 Å². The van der Waals surface area contributed by atoms with Crippen LogP contribution in [0.25, 0.3) is 0 Å². The van der Waals surface area contributed by atoms with Gasteiger partial charge in [-0.2, -0.15) is 0 Å². The number of para-hydroxylation sites is 1. The van der Waals surface area contributed by atoms with Crippen LogP contribution in [0.2, 0.25) is 0 Å². The second-order valence-corrected chi connectivity index (χ2v) is 5.19. The Morgan fingerprint density at radius 1 is 1.12 bits per heavy atom. The van der Waals surface area contributed by atoms with E-state index >= 15 is 0 Å². The van der Waals surface area contributed by atoms with Crippen LogP contribution in [0.3, 0.4) is 0 Å². The maximum absolute atomic E-state index is 13.2. The van der Waals surface area contributed by atoms with E-state index in [4.69, 9.17) is 24.5 Å². The molecule has 0 saturated carbocycles. The molecule has 1 saturated heterocycles. The van der Waals surface area contributed by atoms with Crippen molar-refractivity contribution in [2.75, 3.05) is 39.3 Å². The lowest BCUT2D eigenvalue weighted by Gasteiger charge is -2.26. The maximum atomic E-state index is 13.2. The minimum Gasteiger partial charge on any atom is -0.491 e. The van der Waals surface area contributed by atoms with Crippen molar-refractivity contribution >= 4 is 11.9 Å². The second kappa shape index (κ2) is 11.4. The lowest BCUT2D eigenvalue weighted by Crippen LogP contribution is -2.43. The van der Waals surface area contributed by atoms with Gasteiger partial charge in [0.25, 0.3) is 0 Å². The van der Waals surface area contributed by atoms with E-state index in [-0.39, 0.29) is 5.82 Å². The quantitative estimate of drug-likeness (QED) is 0.525. The first-order valence-corrected chi connectivity index (χ1v) is 7.77. The highest BCUT2D eigenvalue weighted by molar-refractivity contribution is 6.27. The van der Waals surface area contributed by atoms with Crippen molar-refractivity contribution < 1.29 is 28.9 Å². The third-order valence-corrected chi connectivity index (χ3v) is 3.36. The molecule has 1 aromatic carbocycles. The van der Waals surface area contributed by atoms with Gasteiger partial charge in [-0.1, -0.05) is 12.1 Å². The number of carboxylic acids is 2. The number of carbonyl (C=O) groups is 2. The number of halogens is 1. The van der Waals surface area contributed by atoms with Crippen LogP contribution in [-0.2, 0) is 9.59 Å². The van der Waals surface area contributed by atoms with Crippen molar-refractivity contribution in [3.8, 4) is 5.75 Å². The number of nitrogens with zero attached hydrogens (tertiary/aromatic N) is 1. The predicted octanol–water partition coefficient (Wildman–Crippen LogP) is 1.05. The fraction of sp³-hybridized carbons (Fsp3) is 0.500. The number of piperazine rings is 1. The summed E-state index contributed by atoms with van der Waals surface area (Å²) in [6, 6.07) is 6.56. The molecule has 8 heteroatoms. The summed E-state index contributed by atoms with van der Waals surface area (Å²) in [7, 11) is 0. The normalized spacial score (nSPS) is 14.4. The zero-order chi connectivity index (χ0) is 17.8. The molecule has 0 bridgehead atoms. The van der Waals surface area contributed by atoms with E-state index in [9.17, 15) is 4.39 Å². The summed E-state index contributed by atoms with van der Waals surface area (Å²) in [6.07, 6.45) is 2.08. The molecule has 1 fully saturated rings. The maximum Gasteiger partial charge on any atom is 0.414 e. The van der Waals surface area contributed by atoms with Gasteiger partial charge in [0, 0.05) is 26.2 Å². The molecule has 24 heavy (non-hydrogen) atoms. The largest absolute Gasteiger partial charge is 0.491 e. The SMILES string of the molecule is Fc1ccccc1OCCCCN1CCNCC1.O=C(O)C(=O)O. The van der Waals surface area contributed by atoms with Gasteiger partial charge in [-0.05, 0) is 31.5 Å². The fourth-order valence-corrected chi connectivity index (χ4v) is 2.12. The number of benzene rings is 1. The Hall–Kier alpha value is -2.19. The lowest BCUT2D eigenvalue weighted by molar-refractivity contribution is -0.159. The molecule has 1 heterocycles. The first-order chi connectivity index (χ1) is 11.5. The van der Waals surface area contributed by atoms with Crippen LogP contribution >= 0.6 is 0 Å². The highest BCUT2D eigenvalue weighted by atomic mass is 19.1. The zero-order valence-electron chi connectivity index (χ0n) is 13.4. The Labute approximate surface area is 140 Å². The first kappa shape index (κ1) is 19.9. The Kier molecular flexibility index (Phi) is 9.40. The summed E-state index contributed by atoms with van der Waals surface area (Å²) >= 11 is 0. The summed E-state index contributed by atoms with van der Waals surface area (Å²) in [5.74, 6) is -3.57. The Balaban J connectivity index is 0.000000413. The van der Waals surface area contributed by atoms with Gasteiger partial charge in [-0.25, -0.2) is 14.0 Å². The van der Waals surface area contributed by atoms with E-state index in [0.29, 0.717) is 12.4 Å². The Bertz CT molecular complexity index is 509. The fourth-order valence-electron chi connectivity index (χ4n) is 2.12. The number of hydrogen-bond acceptors (Lipinski definition) is 5. The number of aliphatic carboxylic acids is 2. The molecular weight excluding hydrogens is 319 g/mol. The molecule has 0 aromatic heterocycles. The number of carboxylic acid groups (broad SMARTS) is 2. The number of rotatable bonds is 6. The molecule has 0 spiro atoms. The van der Waals surface area contributed by atoms with Crippen molar-refractivity contribution in [3.05, 3.63) is 30.1 Å². The summed E-state index contributed by atoms with van der Waals surface area (Å²) in [5, 5.41) is 18.1. The van der Waals surface area contributed by atoms with Crippen molar-refractivity contribution in [1.29, 1.82) is 0 Å². The van der Waals surface area contributed by atoms with Crippen molar-refractivity contribution in [1.82, 2.24) is 10.2 Å². The standard InChI is InChI=1S/C14H21FN2O.C2H2O4/c15-13-5-1-2-6-14(13)18-12-4-3-9-17-10-7-16-8-11-17;3-1(4)2(5)6/h1-2,5-6,16H,3-4,7-12H2;(H,3,4)(H,5,6). The van der Waals surface area contributed by atoms with Gasteiger partial charge in [0.2, 0.25) is 0 Å². The molecule has 3 N–H and O–H groups in total. The molecule has 1 aromatic rings. The third-order valence-electron chi connectivity index (χ3n) is 3.36. The lowest BCUT2D eigenvalue weighted by atomic mass is 10.2. The second-order valence-electron chi connectivity index (χ2n) is 5.19. The summed E-state index contributed by atoms with van der Waals surface area (Å²) in [6.45, 7) is 6.15. The molecule has 0 radical (unpaired) electrons. The van der Waals surface area contributed by atoms with E-state index in [1.165, 1.54) is 6.07 Å². The van der Waals surface area contributed by atoms with Crippen LogP contribution in [0, 0.1) is 5.82 Å². The molecule has 1 aliphatic rings. The minimum absolute atomic E-state index is 0.278. The van der Waals surface area contributed by atoms with Gasteiger partial charge in [-0.15, -0.1) is 0 Å². The smallest absolute Gasteiger partial charge is 0.414 e. The first-order valence-electron chi connectivity index (χ1n) is 7.77. The molecule has 7 nitrogen and oxygen atoms in total. The molecule has 0 aliphatic carbocycles. The number of nitrogens with one attached hydrogen (secondary N) is 1. The monoisotopic (exact) mass is 342 g/mol. The van der Waals surface area contributed by atoms with E-state index in [1.54, 1.807) is 18.2 Å². The molecule has 0 atom stereocenters. The molecule has 0 amide bonds. The average Bonchev–Trinajstić information content (AvgIpc) is 2.57. The number of hydrogen-bond donors (Lipinski definition) is 3. The minimum atomic E-state index is -1.82. The van der Waals surface area contributed by atoms with Crippen LogP contribution < -0.4 is 10.1 Å². The average molecular weight is 342 g/mol. The highest BCUT2D eigenvalue weighted by Gasteiger charge is 2.08. The van der Waals surface area contributed by atoms with Gasteiger partial charge < -0.3 is 25.2 Å². The highest BCUT2D eigenvalue weighted by Crippen LogP contribution is 2.15. The predicted molar refractivity (Wildman–Crippen MR) is 85.7 cm³/mol. The van der Waals surface area contributed by atoms with E-state index in [2.05, 4.69) is 10.2 Å². The van der Waals surface area contributed by atoms with Crippen LogP contribution in [0.1, 0.15) is 12.8 Å². The van der Waals surface area contributed by atoms with Gasteiger partial charge in [0.15, 0.2) is 11.6 Å². The zero-order valence-corrected chi connectivity index (χ0v) is 13.4. The van der Waals surface area contributed by atoms with E-state index < -0.39 is 11.9 Å². The van der Waals surface area contributed by atoms with Crippen LogP contribution in [-0.4, -0.2) is 66.4 Å². The molecule has 0 unspecified atom stereocenters. The van der Waals surface area contributed by atoms with Crippen molar-refractivity contribution in [2.24, 2.45) is 0 Å².